The molecule has 6 nitrogen and oxygen atoms in total. The van der Waals surface area contributed by atoms with Crippen molar-refractivity contribution in [3.8, 4) is 11.5 Å². The van der Waals surface area contributed by atoms with Crippen molar-refractivity contribution in [2.75, 3.05) is 40.4 Å². The normalized spacial score (nSPS) is 26.7. The van der Waals surface area contributed by atoms with Gasteiger partial charge in [-0.1, -0.05) is 12.8 Å². The van der Waals surface area contributed by atoms with E-state index in [0.717, 1.165) is 75.5 Å². The van der Waals surface area contributed by atoms with Crippen molar-refractivity contribution in [2.45, 2.75) is 44.7 Å². The molecule has 1 saturated heterocycles. The molecule has 1 heterocycles. The first kappa shape index (κ1) is 20.0. The molecule has 2 unspecified atom stereocenters. The Bertz CT molecular complexity index is 632. The summed E-state index contributed by atoms with van der Waals surface area (Å²) in [5.41, 5.74) is 7.23. The summed E-state index contributed by atoms with van der Waals surface area (Å²) in [6.07, 6.45) is 4.12. The summed E-state index contributed by atoms with van der Waals surface area (Å²) in [5, 5.41) is 0. The second-order valence-corrected chi connectivity index (χ2v) is 8.13. The number of nitrogens with two attached hydrogens (primary N) is 1. The highest BCUT2D eigenvalue weighted by atomic mass is 16.5. The van der Waals surface area contributed by atoms with Crippen LogP contribution in [-0.2, 0) is 11.3 Å². The lowest BCUT2D eigenvalue weighted by Crippen LogP contribution is -2.57. The van der Waals surface area contributed by atoms with Crippen LogP contribution in [0.2, 0.25) is 0 Å². The Morgan fingerprint density at radius 2 is 1.74 bits per heavy atom. The zero-order valence-electron chi connectivity index (χ0n) is 16.9. The molecule has 6 heteroatoms. The first-order chi connectivity index (χ1) is 12.9. The van der Waals surface area contributed by atoms with Gasteiger partial charge < -0.3 is 20.1 Å². The molecule has 1 aliphatic carbocycles. The number of ether oxygens (including phenoxy) is 2. The highest BCUT2D eigenvalue weighted by molar-refractivity contribution is 5.80. The minimum Gasteiger partial charge on any atom is -0.497 e. The number of hydrogen-bond donors (Lipinski definition) is 1. The zero-order chi connectivity index (χ0) is 19.4. The molecule has 0 spiro atoms. The Morgan fingerprint density at radius 3 is 2.30 bits per heavy atom. The molecule has 1 saturated carbocycles. The molecule has 2 aliphatic rings. The van der Waals surface area contributed by atoms with E-state index in [1.54, 1.807) is 14.2 Å². The van der Waals surface area contributed by atoms with Crippen LogP contribution in [0.3, 0.4) is 0 Å². The van der Waals surface area contributed by atoms with Crippen molar-refractivity contribution < 1.29 is 14.3 Å². The molecule has 2 N–H and O–H groups in total. The molecule has 2 atom stereocenters. The first-order valence-corrected chi connectivity index (χ1v) is 9.95. The Morgan fingerprint density at radius 1 is 1.11 bits per heavy atom. The van der Waals surface area contributed by atoms with Crippen LogP contribution in [0, 0.1) is 5.92 Å². The van der Waals surface area contributed by atoms with Gasteiger partial charge in [-0.2, -0.15) is 0 Å². The third-order valence-corrected chi connectivity index (χ3v) is 6.05. The number of carbonyl (C=O) groups excluding carboxylic acids is 1. The summed E-state index contributed by atoms with van der Waals surface area (Å²) in [6, 6.07) is 5.97. The van der Waals surface area contributed by atoms with Crippen LogP contribution in [0.4, 0.5) is 0 Å². The van der Waals surface area contributed by atoms with E-state index in [-0.39, 0.29) is 17.4 Å². The monoisotopic (exact) mass is 375 g/mol. The lowest BCUT2D eigenvalue weighted by atomic mass is 9.74. The van der Waals surface area contributed by atoms with Crippen LogP contribution in [0.25, 0.3) is 0 Å². The number of piperazine rings is 1. The van der Waals surface area contributed by atoms with Crippen molar-refractivity contribution in [2.24, 2.45) is 11.7 Å². The van der Waals surface area contributed by atoms with Crippen LogP contribution in [0.5, 0.6) is 11.5 Å². The number of methoxy groups -OCH3 is 2. The van der Waals surface area contributed by atoms with Crippen molar-refractivity contribution in [1.29, 1.82) is 0 Å². The van der Waals surface area contributed by atoms with Gasteiger partial charge in [0.25, 0.3) is 0 Å². The topological polar surface area (TPSA) is 68.0 Å². The molecule has 0 bridgehead atoms. The fraction of sp³-hybridized carbons (Fsp3) is 0.667. The number of amides is 1. The molecule has 0 aromatic heterocycles. The molecular formula is C21H33N3O3. The summed E-state index contributed by atoms with van der Waals surface area (Å²) in [6.45, 7) is 6.16. The molecular weight excluding hydrogens is 342 g/mol. The second-order valence-electron chi connectivity index (χ2n) is 8.13. The quantitative estimate of drug-likeness (QED) is 0.855. The molecule has 2 fully saturated rings. The van der Waals surface area contributed by atoms with Gasteiger partial charge in [-0.25, -0.2) is 0 Å². The van der Waals surface area contributed by atoms with E-state index in [0.29, 0.717) is 0 Å². The maximum absolute atomic E-state index is 13.0. The van der Waals surface area contributed by atoms with E-state index in [1.807, 2.05) is 30.0 Å². The first-order valence-electron chi connectivity index (χ1n) is 9.95. The van der Waals surface area contributed by atoms with E-state index in [2.05, 4.69) is 4.90 Å². The van der Waals surface area contributed by atoms with Crippen molar-refractivity contribution >= 4 is 5.91 Å². The summed E-state index contributed by atoms with van der Waals surface area (Å²) >= 11 is 0. The molecule has 27 heavy (non-hydrogen) atoms. The molecule has 3 rings (SSSR count). The maximum Gasteiger partial charge on any atom is 0.227 e. The number of nitrogens with zero attached hydrogens (tertiary/aromatic N) is 2. The highest BCUT2D eigenvalue weighted by Crippen LogP contribution is 2.33. The minimum atomic E-state index is -0.358. The van der Waals surface area contributed by atoms with Gasteiger partial charge in [0, 0.05) is 44.3 Å². The fourth-order valence-electron chi connectivity index (χ4n) is 4.33. The number of rotatable bonds is 5. The Balaban J connectivity index is 1.57. The van der Waals surface area contributed by atoms with Gasteiger partial charge in [-0.15, -0.1) is 0 Å². The van der Waals surface area contributed by atoms with E-state index in [4.69, 9.17) is 15.2 Å². The zero-order valence-corrected chi connectivity index (χ0v) is 16.9. The summed E-state index contributed by atoms with van der Waals surface area (Å²) in [4.78, 5) is 17.4. The van der Waals surface area contributed by atoms with Gasteiger partial charge in [0.05, 0.1) is 20.1 Å². The summed E-state index contributed by atoms with van der Waals surface area (Å²) < 4.78 is 10.7. The van der Waals surface area contributed by atoms with Crippen molar-refractivity contribution in [3.63, 3.8) is 0 Å². The smallest absolute Gasteiger partial charge is 0.227 e. The standard InChI is InChI=1S/C21H33N3O3/c1-21(22)7-5-4-6-19(21)20(25)24-10-8-23(9-11-24)15-16-12-17(26-2)14-18(13-16)27-3/h12-14,19H,4-11,15,22H2,1-3H3. The SMILES string of the molecule is COc1cc(CN2CCN(C(=O)C3CCCCC3(C)N)CC2)cc(OC)c1. The summed E-state index contributed by atoms with van der Waals surface area (Å²) in [5.74, 6) is 1.83. The predicted molar refractivity (Wildman–Crippen MR) is 106 cm³/mol. The van der Waals surface area contributed by atoms with Gasteiger partial charge in [0.15, 0.2) is 0 Å². The van der Waals surface area contributed by atoms with Crippen molar-refractivity contribution in [1.82, 2.24) is 9.80 Å². The minimum absolute atomic E-state index is 0.0274. The van der Waals surface area contributed by atoms with Gasteiger partial charge in [-0.05, 0) is 37.5 Å². The molecule has 1 aromatic carbocycles. The van der Waals surface area contributed by atoms with Gasteiger partial charge >= 0.3 is 0 Å². The third kappa shape index (κ3) is 4.74. The Hall–Kier alpha value is -1.79. The lowest BCUT2D eigenvalue weighted by molar-refractivity contribution is -0.140. The fourth-order valence-corrected chi connectivity index (χ4v) is 4.33. The summed E-state index contributed by atoms with van der Waals surface area (Å²) in [7, 11) is 3.33. The maximum atomic E-state index is 13.0. The lowest BCUT2D eigenvalue weighted by Gasteiger charge is -2.42. The Kier molecular flexibility index (Phi) is 6.27. The predicted octanol–water partition coefficient (Wildman–Crippen LogP) is 2.26. The van der Waals surface area contributed by atoms with Crippen LogP contribution in [-0.4, -0.2) is 61.6 Å². The van der Waals surface area contributed by atoms with Crippen LogP contribution in [0.15, 0.2) is 18.2 Å². The number of benzene rings is 1. The average Bonchev–Trinajstić information content (AvgIpc) is 2.67. The van der Waals surface area contributed by atoms with Gasteiger partial charge in [0.2, 0.25) is 5.91 Å². The van der Waals surface area contributed by atoms with Crippen molar-refractivity contribution in [3.05, 3.63) is 23.8 Å². The molecule has 150 valence electrons. The van der Waals surface area contributed by atoms with Crippen LogP contribution in [0.1, 0.15) is 38.2 Å². The van der Waals surface area contributed by atoms with Gasteiger partial charge in [-0.3, -0.25) is 9.69 Å². The largest absolute Gasteiger partial charge is 0.497 e. The Labute approximate surface area is 162 Å². The van der Waals surface area contributed by atoms with E-state index >= 15 is 0 Å². The van der Waals surface area contributed by atoms with Gasteiger partial charge in [0.1, 0.15) is 11.5 Å². The molecule has 1 aliphatic heterocycles. The second kappa shape index (κ2) is 8.48. The third-order valence-electron chi connectivity index (χ3n) is 6.05. The molecule has 0 radical (unpaired) electrons. The van der Waals surface area contributed by atoms with Crippen LogP contribution < -0.4 is 15.2 Å². The van der Waals surface area contributed by atoms with E-state index in [9.17, 15) is 4.79 Å². The highest BCUT2D eigenvalue weighted by Gasteiger charge is 2.40. The van der Waals surface area contributed by atoms with Crippen LogP contribution >= 0.6 is 0 Å². The number of hydrogen-bond acceptors (Lipinski definition) is 5. The van der Waals surface area contributed by atoms with E-state index < -0.39 is 0 Å². The van der Waals surface area contributed by atoms with E-state index in [1.165, 1.54) is 0 Å². The molecule has 1 amide bonds. The molecule has 1 aromatic rings. The average molecular weight is 376 g/mol. The number of carbonyl (C=O) groups is 1.